The molecule has 14 heavy (non-hydrogen) atoms. The van der Waals surface area contributed by atoms with Crippen molar-refractivity contribution in [3.05, 3.63) is 30.2 Å². The third-order valence-electron chi connectivity index (χ3n) is 2.39. The van der Waals surface area contributed by atoms with Gasteiger partial charge in [-0.1, -0.05) is 26.0 Å². The maximum Gasteiger partial charge on any atom is 0.284 e. The molecule has 0 spiro atoms. The lowest BCUT2D eigenvalue weighted by atomic mass is 10.0. The minimum Gasteiger partial charge on any atom is -0.432 e. The zero-order valence-corrected chi connectivity index (χ0v) is 8.58. The Hall–Kier alpha value is -1.31. The van der Waals surface area contributed by atoms with Crippen molar-refractivity contribution in [2.24, 2.45) is 5.92 Å². The van der Waals surface area contributed by atoms with Crippen molar-refractivity contribution in [1.29, 1.82) is 0 Å². The Morgan fingerprint density at radius 1 is 1.43 bits per heavy atom. The van der Waals surface area contributed by atoms with Gasteiger partial charge in [-0.3, -0.25) is 0 Å². The molecule has 0 aliphatic rings. The van der Waals surface area contributed by atoms with Gasteiger partial charge in [0.05, 0.1) is 0 Å². The van der Waals surface area contributed by atoms with Crippen LogP contribution in [-0.2, 0) is 6.42 Å². The van der Waals surface area contributed by atoms with Crippen LogP contribution in [0.25, 0.3) is 11.1 Å². The zero-order chi connectivity index (χ0) is 9.97. The lowest BCUT2D eigenvalue weighted by Crippen LogP contribution is -1.92. The predicted molar refractivity (Wildman–Crippen MR) is 56.0 cm³/mol. The molecular weight excluding hydrogens is 174 g/mol. The molecule has 0 saturated heterocycles. The fourth-order valence-corrected chi connectivity index (χ4v) is 1.54. The van der Waals surface area contributed by atoms with Gasteiger partial charge in [-0.25, -0.2) is 4.98 Å². The molecule has 0 atom stereocenters. The van der Waals surface area contributed by atoms with Crippen LogP contribution in [0, 0.1) is 12.3 Å². The summed E-state index contributed by atoms with van der Waals surface area (Å²) in [6.07, 6.45) is 4.79. The Bertz CT molecular complexity index is 417. The summed E-state index contributed by atoms with van der Waals surface area (Å²) in [4.78, 5) is 4.10. The number of fused-ring (bicyclic) bond motifs is 1. The van der Waals surface area contributed by atoms with E-state index in [1.54, 1.807) is 0 Å². The highest BCUT2D eigenvalue weighted by atomic mass is 16.3. The molecule has 0 saturated carbocycles. The first-order valence-electron chi connectivity index (χ1n) is 5.02. The topological polar surface area (TPSA) is 26.0 Å². The van der Waals surface area contributed by atoms with Crippen LogP contribution in [-0.4, -0.2) is 4.98 Å². The van der Waals surface area contributed by atoms with E-state index < -0.39 is 0 Å². The molecule has 0 unspecified atom stereocenters. The molecule has 2 rings (SSSR count). The number of nitrogens with zero attached hydrogens (tertiary/aromatic N) is 1. The number of benzene rings is 1. The largest absolute Gasteiger partial charge is 0.432 e. The standard InChI is InChI=1S/C12H14NO/c1-9(2)6-7-10-4-3-5-11-12(10)13-8-14-11/h3-5,9H,6-7H2,1-2H3. The van der Waals surface area contributed by atoms with E-state index >= 15 is 0 Å². The molecule has 73 valence electrons. The summed E-state index contributed by atoms with van der Waals surface area (Å²) < 4.78 is 5.13. The number of oxazole rings is 1. The summed E-state index contributed by atoms with van der Waals surface area (Å²) in [5.41, 5.74) is 3.07. The van der Waals surface area contributed by atoms with E-state index in [2.05, 4.69) is 31.3 Å². The van der Waals surface area contributed by atoms with Crippen LogP contribution in [0.1, 0.15) is 25.8 Å². The average Bonchev–Trinajstić information content (AvgIpc) is 2.62. The van der Waals surface area contributed by atoms with Crippen molar-refractivity contribution in [3.8, 4) is 0 Å². The van der Waals surface area contributed by atoms with Gasteiger partial charge in [-0.2, -0.15) is 0 Å². The van der Waals surface area contributed by atoms with Crippen molar-refractivity contribution in [3.63, 3.8) is 0 Å². The van der Waals surface area contributed by atoms with Crippen molar-refractivity contribution in [2.45, 2.75) is 26.7 Å². The van der Waals surface area contributed by atoms with Gasteiger partial charge >= 0.3 is 0 Å². The molecule has 0 aliphatic carbocycles. The molecule has 1 heterocycles. The molecule has 2 heteroatoms. The van der Waals surface area contributed by atoms with E-state index in [4.69, 9.17) is 4.42 Å². The second-order valence-corrected chi connectivity index (χ2v) is 4.00. The van der Waals surface area contributed by atoms with Gasteiger partial charge in [0.2, 0.25) is 0 Å². The van der Waals surface area contributed by atoms with Gasteiger partial charge in [0.1, 0.15) is 5.52 Å². The van der Waals surface area contributed by atoms with E-state index in [1.165, 1.54) is 12.0 Å². The van der Waals surface area contributed by atoms with Crippen molar-refractivity contribution in [1.82, 2.24) is 4.98 Å². The summed E-state index contributed by atoms with van der Waals surface area (Å²) >= 11 is 0. The number of hydrogen-bond donors (Lipinski definition) is 0. The average molecular weight is 188 g/mol. The predicted octanol–water partition coefficient (Wildman–Crippen LogP) is 3.22. The maximum absolute atomic E-state index is 5.13. The summed E-state index contributed by atoms with van der Waals surface area (Å²) in [6, 6.07) is 6.05. The number of hydrogen-bond acceptors (Lipinski definition) is 2. The second kappa shape index (κ2) is 3.82. The molecule has 1 aromatic heterocycles. The van der Waals surface area contributed by atoms with Crippen LogP contribution in [0.3, 0.4) is 0 Å². The Balaban J connectivity index is 2.27. The summed E-state index contributed by atoms with van der Waals surface area (Å²) in [7, 11) is 0. The van der Waals surface area contributed by atoms with E-state index in [9.17, 15) is 0 Å². The Kier molecular flexibility index (Phi) is 2.53. The molecule has 2 nitrogen and oxygen atoms in total. The van der Waals surface area contributed by atoms with Gasteiger partial charge in [0.15, 0.2) is 5.58 Å². The Labute approximate surface area is 84.0 Å². The molecule has 0 amide bonds. The van der Waals surface area contributed by atoms with Crippen LogP contribution in [0.5, 0.6) is 0 Å². The Morgan fingerprint density at radius 2 is 2.29 bits per heavy atom. The minimum absolute atomic E-state index is 0.723. The number of aryl methyl sites for hydroxylation is 1. The van der Waals surface area contributed by atoms with Crippen LogP contribution in [0.2, 0.25) is 0 Å². The Morgan fingerprint density at radius 3 is 3.07 bits per heavy atom. The van der Waals surface area contributed by atoms with Crippen LogP contribution in [0.4, 0.5) is 0 Å². The number of rotatable bonds is 3. The highest BCUT2D eigenvalue weighted by molar-refractivity contribution is 5.75. The quantitative estimate of drug-likeness (QED) is 0.739. The first-order valence-corrected chi connectivity index (χ1v) is 5.02. The highest BCUT2D eigenvalue weighted by Crippen LogP contribution is 2.19. The van der Waals surface area contributed by atoms with E-state index in [1.807, 2.05) is 12.1 Å². The molecule has 0 bridgehead atoms. The second-order valence-electron chi connectivity index (χ2n) is 4.00. The lowest BCUT2D eigenvalue weighted by Gasteiger charge is -2.04. The smallest absolute Gasteiger partial charge is 0.284 e. The third kappa shape index (κ3) is 1.79. The molecule has 0 N–H and O–H groups in total. The molecule has 1 aromatic carbocycles. The molecule has 0 fully saturated rings. The zero-order valence-electron chi connectivity index (χ0n) is 8.58. The summed E-state index contributed by atoms with van der Waals surface area (Å²) in [6.45, 7) is 4.46. The van der Waals surface area contributed by atoms with Crippen LogP contribution < -0.4 is 0 Å². The molecule has 1 radical (unpaired) electrons. The van der Waals surface area contributed by atoms with Crippen molar-refractivity contribution >= 4 is 11.1 Å². The SMILES string of the molecule is CC(C)CCc1cccc2o[c]nc12. The maximum atomic E-state index is 5.13. The van der Waals surface area contributed by atoms with Gasteiger partial charge in [-0.15, -0.1) is 0 Å². The lowest BCUT2D eigenvalue weighted by molar-refractivity contribution is 0.586. The van der Waals surface area contributed by atoms with Crippen LogP contribution >= 0.6 is 0 Å². The first kappa shape index (κ1) is 9.25. The normalized spacial score (nSPS) is 11.4. The van der Waals surface area contributed by atoms with E-state index in [0.29, 0.717) is 0 Å². The van der Waals surface area contributed by atoms with Gasteiger partial charge in [-0.05, 0) is 30.4 Å². The summed E-state index contributed by atoms with van der Waals surface area (Å²) in [5.74, 6) is 0.723. The van der Waals surface area contributed by atoms with E-state index in [-0.39, 0.29) is 0 Å². The van der Waals surface area contributed by atoms with Gasteiger partial charge in [0, 0.05) is 0 Å². The third-order valence-corrected chi connectivity index (χ3v) is 2.39. The molecular formula is C12H14NO. The highest BCUT2D eigenvalue weighted by Gasteiger charge is 2.05. The fourth-order valence-electron chi connectivity index (χ4n) is 1.54. The number of aromatic nitrogens is 1. The molecule has 2 aromatic rings. The summed E-state index contributed by atoms with van der Waals surface area (Å²) in [5, 5.41) is 0. The first-order chi connectivity index (χ1) is 6.77. The number of para-hydroxylation sites is 1. The molecule has 0 aliphatic heterocycles. The van der Waals surface area contributed by atoms with Gasteiger partial charge in [0.25, 0.3) is 6.39 Å². The fraction of sp³-hybridized carbons (Fsp3) is 0.417. The minimum atomic E-state index is 0.723. The van der Waals surface area contributed by atoms with Crippen molar-refractivity contribution in [2.75, 3.05) is 0 Å². The van der Waals surface area contributed by atoms with Crippen LogP contribution in [0.15, 0.2) is 22.6 Å². The monoisotopic (exact) mass is 188 g/mol. The van der Waals surface area contributed by atoms with E-state index in [0.717, 1.165) is 23.4 Å². The van der Waals surface area contributed by atoms with Crippen molar-refractivity contribution < 1.29 is 4.42 Å². The van der Waals surface area contributed by atoms with Gasteiger partial charge < -0.3 is 4.42 Å².